The van der Waals surface area contributed by atoms with E-state index in [0.29, 0.717) is 23.3 Å². The van der Waals surface area contributed by atoms with E-state index >= 15 is 0 Å². The Hall–Kier alpha value is -1.54. The lowest BCUT2D eigenvalue weighted by Crippen LogP contribution is -2.48. The number of hydrogen-bond acceptors (Lipinski definition) is 1. The molecule has 3 atom stereocenters. The van der Waals surface area contributed by atoms with Gasteiger partial charge in [0.1, 0.15) is 0 Å². The van der Waals surface area contributed by atoms with Crippen LogP contribution in [0.4, 0.5) is 5.69 Å². The maximum Gasteiger partial charge on any atom is 0.0565 e. The molecule has 0 spiro atoms. The summed E-state index contributed by atoms with van der Waals surface area (Å²) in [6.07, 6.45) is 15.0. The Balaban J connectivity index is 1.29. The van der Waals surface area contributed by atoms with E-state index in [2.05, 4.69) is 75.9 Å². The Bertz CT molecular complexity index is 1000. The van der Waals surface area contributed by atoms with Crippen LogP contribution in [-0.4, -0.2) is 0 Å². The first-order valence-electron chi connectivity index (χ1n) is 12.0. The molecule has 2 aromatic carbocycles. The Labute approximate surface area is 188 Å². The van der Waals surface area contributed by atoms with Gasteiger partial charge in [0.05, 0.1) is 6.04 Å². The number of allylic oxidation sites excluding steroid dienone is 2. The number of halogens is 1. The van der Waals surface area contributed by atoms with Crippen molar-refractivity contribution >= 4 is 21.6 Å². The molecule has 1 nitrogen and oxygen atoms in total. The predicted molar refractivity (Wildman–Crippen MR) is 127 cm³/mol. The van der Waals surface area contributed by atoms with E-state index in [1.807, 2.05) is 0 Å². The first-order chi connectivity index (χ1) is 14.7. The summed E-state index contributed by atoms with van der Waals surface area (Å²) in [5.41, 5.74) is 6.47. The van der Waals surface area contributed by atoms with Crippen LogP contribution in [0.2, 0.25) is 0 Å². The molecule has 0 saturated heterocycles. The summed E-state index contributed by atoms with van der Waals surface area (Å²) in [7, 11) is 0. The van der Waals surface area contributed by atoms with E-state index in [-0.39, 0.29) is 0 Å². The highest BCUT2D eigenvalue weighted by Gasteiger charge is 2.52. The minimum absolute atomic E-state index is 0.374. The molecule has 0 radical (unpaired) electrons. The average molecular weight is 460 g/mol. The van der Waals surface area contributed by atoms with Crippen molar-refractivity contribution in [2.24, 2.45) is 23.7 Å². The fraction of sp³-hybridized carbons (Fsp3) is 0.500. The second-order valence-electron chi connectivity index (χ2n) is 11.0. The van der Waals surface area contributed by atoms with Crippen molar-refractivity contribution in [2.45, 2.75) is 62.3 Å². The quantitative estimate of drug-likeness (QED) is 0.452. The van der Waals surface area contributed by atoms with Crippen molar-refractivity contribution in [3.63, 3.8) is 0 Å². The molecular weight excluding hydrogens is 430 g/mol. The van der Waals surface area contributed by atoms with Gasteiger partial charge in [-0.2, -0.15) is 0 Å². The van der Waals surface area contributed by atoms with Crippen molar-refractivity contribution < 1.29 is 0 Å². The van der Waals surface area contributed by atoms with Crippen molar-refractivity contribution in [3.8, 4) is 0 Å². The van der Waals surface area contributed by atoms with Gasteiger partial charge in [-0.3, -0.25) is 0 Å². The summed E-state index contributed by atoms with van der Waals surface area (Å²) < 4.78 is 1.22. The summed E-state index contributed by atoms with van der Waals surface area (Å²) in [6.45, 7) is 0. The van der Waals surface area contributed by atoms with E-state index in [1.165, 1.54) is 60.7 Å². The first-order valence-corrected chi connectivity index (χ1v) is 12.8. The van der Waals surface area contributed by atoms with Crippen LogP contribution < -0.4 is 5.32 Å². The summed E-state index contributed by atoms with van der Waals surface area (Å²) >= 11 is 3.81. The van der Waals surface area contributed by atoms with Crippen LogP contribution in [0.5, 0.6) is 0 Å². The van der Waals surface area contributed by atoms with Gasteiger partial charge >= 0.3 is 0 Å². The van der Waals surface area contributed by atoms with Crippen molar-refractivity contribution in [2.75, 3.05) is 5.32 Å². The molecule has 4 fully saturated rings. The van der Waals surface area contributed by atoms with Crippen LogP contribution in [0.3, 0.4) is 0 Å². The molecule has 0 aromatic heterocycles. The van der Waals surface area contributed by atoms with E-state index in [1.54, 1.807) is 11.1 Å². The Kier molecular flexibility index (Phi) is 3.90. The molecule has 2 aromatic rings. The highest BCUT2D eigenvalue weighted by atomic mass is 79.9. The summed E-state index contributed by atoms with van der Waals surface area (Å²) in [6, 6.07) is 16.7. The normalized spacial score (nSPS) is 40.2. The molecule has 4 saturated carbocycles. The Morgan fingerprint density at radius 2 is 1.60 bits per heavy atom. The largest absolute Gasteiger partial charge is 0.378 e. The molecule has 0 amide bonds. The molecule has 5 aliphatic carbocycles. The third-order valence-electron chi connectivity index (χ3n) is 9.25. The Morgan fingerprint density at radius 1 is 0.867 bits per heavy atom. The number of rotatable bonds is 2. The minimum atomic E-state index is 0.374. The molecule has 154 valence electrons. The van der Waals surface area contributed by atoms with E-state index in [9.17, 15) is 0 Å². The van der Waals surface area contributed by atoms with Crippen LogP contribution >= 0.6 is 15.9 Å². The lowest BCUT2D eigenvalue weighted by atomic mass is 9.48. The molecular formula is C28H30BrN. The molecule has 4 bridgehead atoms. The highest BCUT2D eigenvalue weighted by Crippen LogP contribution is 2.61. The second kappa shape index (κ2) is 6.48. The molecule has 0 unspecified atom stereocenters. The van der Waals surface area contributed by atoms with Gasteiger partial charge in [-0.05, 0) is 103 Å². The third-order valence-corrected chi connectivity index (χ3v) is 9.98. The fourth-order valence-corrected chi connectivity index (χ4v) is 8.96. The molecule has 8 rings (SSSR count). The van der Waals surface area contributed by atoms with Gasteiger partial charge in [0.15, 0.2) is 0 Å². The van der Waals surface area contributed by atoms with Crippen molar-refractivity contribution in [3.05, 3.63) is 75.8 Å². The fourth-order valence-electron chi connectivity index (χ4n) is 8.42. The van der Waals surface area contributed by atoms with Gasteiger partial charge in [-0.25, -0.2) is 0 Å². The topological polar surface area (TPSA) is 12.0 Å². The SMILES string of the molecule is Brc1ccccc1[C@@H]1Nc2ccc(C34CC5CC(CC(C5)C3)C4)cc2[C@@H]2C=CC[C@@H]21. The Morgan fingerprint density at radius 3 is 2.33 bits per heavy atom. The summed E-state index contributed by atoms with van der Waals surface area (Å²) in [4.78, 5) is 0. The van der Waals surface area contributed by atoms with Gasteiger partial charge < -0.3 is 5.32 Å². The van der Waals surface area contributed by atoms with E-state index in [0.717, 1.165) is 17.8 Å². The number of fused-ring (bicyclic) bond motifs is 3. The first kappa shape index (κ1) is 18.1. The number of anilines is 1. The van der Waals surface area contributed by atoms with Crippen LogP contribution in [0, 0.1) is 23.7 Å². The lowest BCUT2D eigenvalue weighted by molar-refractivity contribution is -0.00523. The third kappa shape index (κ3) is 2.58. The summed E-state index contributed by atoms with van der Waals surface area (Å²) in [5, 5.41) is 3.96. The molecule has 1 heterocycles. The van der Waals surface area contributed by atoms with Crippen LogP contribution in [0.25, 0.3) is 0 Å². The number of benzene rings is 2. The standard InChI is InChI=1S/C28H30BrN/c29-25-7-2-1-4-23(25)27-22-6-3-5-21(22)24-13-20(8-9-26(24)30-27)28-14-17-10-18(15-28)12-19(11-17)16-28/h1-5,7-9,13,17-19,21-22,27,30H,6,10-12,14-16H2/t17?,18?,19?,21-,22+,27-,28?/m1/s1. The van der Waals surface area contributed by atoms with Gasteiger partial charge in [0, 0.05) is 16.1 Å². The minimum Gasteiger partial charge on any atom is -0.378 e. The molecule has 1 aliphatic heterocycles. The number of nitrogens with one attached hydrogen (secondary N) is 1. The zero-order chi connectivity index (χ0) is 19.9. The van der Waals surface area contributed by atoms with Gasteiger partial charge in [0.25, 0.3) is 0 Å². The maximum absolute atomic E-state index is 3.96. The highest BCUT2D eigenvalue weighted by molar-refractivity contribution is 9.10. The second-order valence-corrected chi connectivity index (χ2v) is 11.9. The summed E-state index contributed by atoms with van der Waals surface area (Å²) in [5.74, 6) is 4.17. The van der Waals surface area contributed by atoms with Gasteiger partial charge in [-0.1, -0.05) is 58.4 Å². The van der Waals surface area contributed by atoms with Crippen molar-refractivity contribution in [1.29, 1.82) is 0 Å². The van der Waals surface area contributed by atoms with E-state index in [4.69, 9.17) is 0 Å². The molecule has 1 N–H and O–H groups in total. The van der Waals surface area contributed by atoms with Gasteiger partial charge in [0.2, 0.25) is 0 Å². The smallest absolute Gasteiger partial charge is 0.0565 e. The predicted octanol–water partition coefficient (Wildman–Crippen LogP) is 7.74. The van der Waals surface area contributed by atoms with Crippen LogP contribution in [0.1, 0.15) is 73.6 Å². The van der Waals surface area contributed by atoms with E-state index < -0.39 is 0 Å². The zero-order valence-electron chi connectivity index (χ0n) is 17.5. The number of hydrogen-bond donors (Lipinski definition) is 1. The zero-order valence-corrected chi connectivity index (χ0v) is 19.1. The molecule has 6 aliphatic rings. The molecule has 2 heteroatoms. The lowest BCUT2D eigenvalue weighted by Gasteiger charge is -2.57. The van der Waals surface area contributed by atoms with Crippen molar-refractivity contribution in [1.82, 2.24) is 0 Å². The van der Waals surface area contributed by atoms with Crippen LogP contribution in [-0.2, 0) is 5.41 Å². The van der Waals surface area contributed by atoms with Crippen LogP contribution in [0.15, 0.2) is 59.1 Å². The maximum atomic E-state index is 3.96. The monoisotopic (exact) mass is 459 g/mol. The van der Waals surface area contributed by atoms with Gasteiger partial charge in [-0.15, -0.1) is 0 Å². The molecule has 30 heavy (non-hydrogen) atoms. The average Bonchev–Trinajstić information content (AvgIpc) is 3.23.